The highest BCUT2D eigenvalue weighted by Gasteiger charge is 2.29. The number of nitrogens with one attached hydrogen (secondary N) is 1. The summed E-state index contributed by atoms with van der Waals surface area (Å²) in [6, 6.07) is 10.2. The molecule has 0 saturated heterocycles. The summed E-state index contributed by atoms with van der Waals surface area (Å²) in [4.78, 5) is 4.64. The van der Waals surface area contributed by atoms with Gasteiger partial charge in [-0.2, -0.15) is 5.10 Å². The molecule has 2 aromatic carbocycles. The first-order valence-corrected chi connectivity index (χ1v) is 9.97. The molecule has 8 heteroatoms. The second-order valence-corrected chi connectivity index (χ2v) is 8.05. The minimum atomic E-state index is -3.73. The molecule has 7 nitrogen and oxygen atoms in total. The third-order valence-corrected chi connectivity index (χ3v) is 6.16. The Morgan fingerprint density at radius 3 is 2.73 bits per heavy atom. The highest BCUT2D eigenvalue weighted by atomic mass is 32.2. The van der Waals surface area contributed by atoms with E-state index in [4.69, 9.17) is 4.74 Å². The number of methoxy groups -OCH3 is 1. The molecule has 1 atom stereocenters. The minimum absolute atomic E-state index is 0.238. The van der Waals surface area contributed by atoms with E-state index in [0.29, 0.717) is 29.2 Å². The Hall–Kier alpha value is -2.45. The van der Waals surface area contributed by atoms with Crippen LogP contribution in [0.4, 0.5) is 0 Å². The van der Waals surface area contributed by atoms with E-state index in [1.165, 1.54) is 0 Å². The van der Waals surface area contributed by atoms with Crippen molar-refractivity contribution < 1.29 is 13.2 Å². The summed E-state index contributed by atoms with van der Waals surface area (Å²) < 4.78 is 36.2. The van der Waals surface area contributed by atoms with Gasteiger partial charge in [-0.05, 0) is 31.9 Å². The second-order valence-electron chi connectivity index (χ2n) is 6.37. The number of benzene rings is 2. The van der Waals surface area contributed by atoms with Crippen LogP contribution in [0.3, 0.4) is 0 Å². The van der Waals surface area contributed by atoms with Gasteiger partial charge in [0.05, 0.1) is 18.0 Å². The molecule has 0 aliphatic carbocycles. The molecule has 0 bridgehead atoms. The van der Waals surface area contributed by atoms with E-state index in [0.717, 1.165) is 18.4 Å². The molecule has 0 unspecified atom stereocenters. The number of hydrogen-bond donors (Lipinski definition) is 1. The van der Waals surface area contributed by atoms with Crippen LogP contribution < -0.4 is 9.46 Å². The lowest BCUT2D eigenvalue weighted by molar-refractivity contribution is 0.399. The lowest BCUT2D eigenvalue weighted by Crippen LogP contribution is -2.33. The maximum absolute atomic E-state index is 13.1. The van der Waals surface area contributed by atoms with Gasteiger partial charge in [0, 0.05) is 17.3 Å². The average Bonchev–Trinajstić information content (AvgIpc) is 3.02. The molecule has 0 amide bonds. The zero-order valence-corrected chi connectivity index (χ0v) is 15.5. The molecule has 3 aromatic rings. The number of ether oxygens (including phenoxy) is 1. The average molecular weight is 372 g/mol. The van der Waals surface area contributed by atoms with Crippen LogP contribution in [0.25, 0.3) is 10.8 Å². The first-order valence-electron chi connectivity index (χ1n) is 8.49. The zero-order valence-electron chi connectivity index (χ0n) is 14.6. The van der Waals surface area contributed by atoms with Crippen molar-refractivity contribution in [3.8, 4) is 5.75 Å². The molecule has 4 rings (SSSR count). The molecule has 1 N–H and O–H groups in total. The van der Waals surface area contributed by atoms with Crippen molar-refractivity contribution in [1.29, 1.82) is 0 Å². The van der Waals surface area contributed by atoms with Gasteiger partial charge in [-0.25, -0.2) is 22.8 Å². The van der Waals surface area contributed by atoms with E-state index >= 15 is 0 Å². The molecular weight excluding hydrogens is 352 g/mol. The predicted molar refractivity (Wildman–Crippen MR) is 97.6 cm³/mol. The monoisotopic (exact) mass is 372 g/mol. The van der Waals surface area contributed by atoms with E-state index in [-0.39, 0.29) is 10.9 Å². The Balaban J connectivity index is 1.76. The van der Waals surface area contributed by atoms with Crippen molar-refractivity contribution in [2.75, 3.05) is 7.11 Å². The number of aromatic nitrogens is 3. The summed E-state index contributed by atoms with van der Waals surface area (Å²) in [7, 11) is -2.16. The van der Waals surface area contributed by atoms with Crippen LogP contribution in [-0.2, 0) is 16.6 Å². The minimum Gasteiger partial charge on any atom is -0.496 e. The second kappa shape index (κ2) is 6.37. The molecule has 1 aliphatic rings. The summed E-state index contributed by atoms with van der Waals surface area (Å²) in [6.45, 7) is 2.58. The van der Waals surface area contributed by atoms with Gasteiger partial charge in [-0.15, -0.1) is 0 Å². The highest BCUT2D eigenvalue weighted by Crippen LogP contribution is 2.32. The van der Waals surface area contributed by atoms with E-state index < -0.39 is 10.0 Å². The van der Waals surface area contributed by atoms with Crippen molar-refractivity contribution >= 4 is 20.8 Å². The number of aryl methyl sites for hydroxylation is 2. The van der Waals surface area contributed by atoms with Gasteiger partial charge in [-0.1, -0.05) is 24.3 Å². The van der Waals surface area contributed by atoms with Crippen LogP contribution in [0, 0.1) is 6.92 Å². The number of nitrogens with zero attached hydrogens (tertiary/aromatic N) is 3. The highest BCUT2D eigenvalue weighted by molar-refractivity contribution is 7.89. The van der Waals surface area contributed by atoms with Gasteiger partial charge in [0.1, 0.15) is 17.4 Å². The summed E-state index contributed by atoms with van der Waals surface area (Å²) in [5.41, 5.74) is 0. The molecule has 0 radical (unpaired) electrons. The van der Waals surface area contributed by atoms with E-state index in [2.05, 4.69) is 14.8 Å². The Morgan fingerprint density at radius 1 is 1.19 bits per heavy atom. The maximum atomic E-state index is 13.1. The standard InChI is InChI=1S/C18H20N4O3S/c1-12-19-18-15(8-5-11-22(18)20-12)21-26(23,24)17-10-9-16(25-2)13-6-3-4-7-14(13)17/h3-4,6-7,9-10,15,21H,5,8,11H2,1-2H3/t15-/m1/s1. The summed E-state index contributed by atoms with van der Waals surface area (Å²) in [5.74, 6) is 1.98. The van der Waals surface area contributed by atoms with E-state index in [1.807, 2.05) is 25.1 Å². The van der Waals surface area contributed by atoms with Gasteiger partial charge >= 0.3 is 0 Å². The Morgan fingerprint density at radius 2 is 1.96 bits per heavy atom. The molecule has 0 fully saturated rings. The van der Waals surface area contributed by atoms with Crippen LogP contribution in [-0.4, -0.2) is 30.3 Å². The molecule has 136 valence electrons. The molecule has 0 spiro atoms. The van der Waals surface area contributed by atoms with Crippen LogP contribution in [0.15, 0.2) is 41.3 Å². The number of rotatable bonds is 4. The number of hydrogen-bond acceptors (Lipinski definition) is 5. The lowest BCUT2D eigenvalue weighted by Gasteiger charge is -2.23. The van der Waals surface area contributed by atoms with Gasteiger partial charge in [0.15, 0.2) is 0 Å². The van der Waals surface area contributed by atoms with Gasteiger partial charge in [0.2, 0.25) is 10.0 Å². The quantitative estimate of drug-likeness (QED) is 0.761. The SMILES string of the molecule is COc1ccc(S(=O)(=O)N[C@@H]2CCCn3nc(C)nc32)c2ccccc12. The zero-order chi connectivity index (χ0) is 18.3. The third-order valence-electron chi connectivity index (χ3n) is 4.63. The summed E-state index contributed by atoms with van der Waals surface area (Å²) in [6.07, 6.45) is 1.55. The first kappa shape index (κ1) is 17.0. The molecule has 0 saturated carbocycles. The Labute approximate surface area is 152 Å². The van der Waals surface area contributed by atoms with E-state index in [9.17, 15) is 8.42 Å². The largest absolute Gasteiger partial charge is 0.496 e. The summed E-state index contributed by atoms with van der Waals surface area (Å²) >= 11 is 0. The van der Waals surface area contributed by atoms with Crippen molar-refractivity contribution in [2.45, 2.75) is 37.2 Å². The lowest BCUT2D eigenvalue weighted by atomic mass is 10.1. The van der Waals surface area contributed by atoms with Gasteiger partial charge < -0.3 is 4.74 Å². The predicted octanol–water partition coefficient (Wildman–Crippen LogP) is 2.56. The fourth-order valence-electron chi connectivity index (χ4n) is 3.49. The van der Waals surface area contributed by atoms with Crippen LogP contribution >= 0.6 is 0 Å². The first-order chi connectivity index (χ1) is 12.5. The van der Waals surface area contributed by atoms with Crippen molar-refractivity contribution in [3.05, 3.63) is 48.0 Å². The van der Waals surface area contributed by atoms with Gasteiger partial charge in [-0.3, -0.25) is 0 Å². The van der Waals surface area contributed by atoms with E-state index in [1.54, 1.807) is 30.0 Å². The van der Waals surface area contributed by atoms with Crippen LogP contribution in [0.5, 0.6) is 5.75 Å². The molecule has 2 heterocycles. The molecule has 1 aliphatic heterocycles. The topological polar surface area (TPSA) is 86.1 Å². The van der Waals surface area contributed by atoms with Crippen LogP contribution in [0.2, 0.25) is 0 Å². The summed E-state index contributed by atoms with van der Waals surface area (Å²) in [5, 5.41) is 5.73. The fraction of sp³-hybridized carbons (Fsp3) is 0.333. The molecular formula is C18H20N4O3S. The van der Waals surface area contributed by atoms with Crippen molar-refractivity contribution in [3.63, 3.8) is 0 Å². The smallest absolute Gasteiger partial charge is 0.241 e. The Kier molecular flexibility index (Phi) is 4.16. The van der Waals surface area contributed by atoms with Gasteiger partial charge in [0.25, 0.3) is 0 Å². The third kappa shape index (κ3) is 2.85. The fourth-order valence-corrected chi connectivity index (χ4v) is 4.93. The number of fused-ring (bicyclic) bond motifs is 2. The van der Waals surface area contributed by atoms with Crippen molar-refractivity contribution in [2.24, 2.45) is 0 Å². The Bertz CT molecular complexity index is 1080. The molecule has 1 aromatic heterocycles. The number of sulfonamides is 1. The van der Waals surface area contributed by atoms with Crippen molar-refractivity contribution in [1.82, 2.24) is 19.5 Å². The maximum Gasteiger partial charge on any atom is 0.241 e. The normalized spacial score (nSPS) is 17.2. The molecule has 26 heavy (non-hydrogen) atoms. The van der Waals surface area contributed by atoms with Crippen LogP contribution in [0.1, 0.15) is 30.5 Å².